The van der Waals surface area contributed by atoms with Crippen molar-refractivity contribution < 1.29 is 92.4 Å². The Morgan fingerprint density at radius 2 is 1.06 bits per heavy atom. The zero-order valence-electron chi connectivity index (χ0n) is 56.1. The fourth-order valence-corrected chi connectivity index (χ4v) is 6.68. The number of aliphatic hydroxyl groups is 1. The number of rotatable bonds is 30. The molecule has 40 heteroatoms. The van der Waals surface area contributed by atoms with E-state index in [4.69, 9.17) is 70.2 Å². The summed E-state index contributed by atoms with van der Waals surface area (Å²) in [6.07, 6.45) is 3.29. The summed E-state index contributed by atoms with van der Waals surface area (Å²) in [4.78, 5) is 141. The number of amides is 3. The van der Waals surface area contributed by atoms with E-state index in [1.807, 2.05) is 39.8 Å². The predicted octanol–water partition coefficient (Wildman–Crippen LogP) is 3.29. The predicted molar refractivity (Wildman–Crippen MR) is 395 cm³/mol. The number of aryl methyl sites for hydroxylation is 4. The van der Waals surface area contributed by atoms with Crippen LogP contribution < -0.4 is 44.6 Å². The topological polar surface area (TPSA) is 570 Å². The zero-order chi connectivity index (χ0) is 77.8. The largest absolute Gasteiger partial charge is 0.480 e. The van der Waals surface area contributed by atoms with Gasteiger partial charge in [0, 0.05) is 92.2 Å². The summed E-state index contributed by atoms with van der Waals surface area (Å²) < 4.78 is 5.37. The van der Waals surface area contributed by atoms with Crippen molar-refractivity contribution in [3.63, 3.8) is 0 Å². The molecule has 0 aliphatic heterocycles. The molecule has 5 unspecified atom stereocenters. The second kappa shape index (κ2) is 66.8. The monoisotopic (exact) mass is 1540 g/mol. The maximum atomic E-state index is 11.7. The molecule has 32 nitrogen and oxygen atoms in total. The number of aliphatic hydroxyl groups excluding tert-OH is 1. The molecule has 19 N–H and O–H groups in total. The number of halogens is 1. The van der Waals surface area contributed by atoms with E-state index in [9.17, 15) is 67.6 Å². The van der Waals surface area contributed by atoms with E-state index in [1.54, 1.807) is 12.3 Å². The molecular formula is C58H99ClN12O20S7. The number of Topliss-reactive ketones (excluding diaryl/α,β-unsaturated/α-hetero) is 5. The zero-order valence-corrected chi connectivity index (χ0v) is 63.0. The number of thiol groups is 6. The molecule has 0 aliphatic rings. The molecule has 7 atom stereocenters. The van der Waals surface area contributed by atoms with E-state index in [1.165, 1.54) is 45.4 Å². The standard InChI is InChI=1S/C12H20N2O5S.C9H16N2O4S.C7H13NO2S.C7H10O.C5H5ClN2.C5H4N2O2S.C5H9NO3S.C3H7NO2S.C3H9N.C2H6OS/c1-7(15)2-4-10(16)9(6-20)14-11(17)5-3-8(13)12(18)19;1-5(12)7(4-16)11-8(13)3-2-6(10)9(14)15;1-5(9)2-3-7(10)6(8)4-11;1-5-4-6(2)8-7(5)3;1-4-2-3-5(6)8-7-4;8-7(9)4-2-1-3-6-5(4)10;1-3(7)6-4(2-10)5(8)9;4-2(1-7)3(5)6;1-2-3-4;3-1-2-4/h8-9,20H,2-6,13H2,1H3,(H,14,17)(H,18,19);6-7,16H,2-4,10H2,1H3,(H,11,13)(H,14,15);6,11H,2-4,8H2,1H3;4H,1-3H3;2-3H,1H3;1-3H,(H,6,10);4,10H,2H2,1H3,(H,6,7)(H,8,9);2,7H,1,4H2,(H,5,6);2-4H2,1H3;3-4H,1-2H2/t;;;;;;4-;2-;;/m......00../s1. The number of carboxylic acids is 4. The number of nitrogens with zero attached hydrogens (tertiary/aromatic N) is 3. The number of aromatic nitrogens is 3. The van der Waals surface area contributed by atoms with Gasteiger partial charge in [0.1, 0.15) is 47.3 Å². The molecule has 0 aromatic carbocycles. The Hall–Kier alpha value is -6.08. The van der Waals surface area contributed by atoms with E-state index >= 15 is 0 Å². The van der Waals surface area contributed by atoms with E-state index < -0.39 is 82.9 Å². The molecule has 560 valence electrons. The number of nitrogens with two attached hydrogens (primary N) is 5. The average molecular weight is 1540 g/mol. The van der Waals surface area contributed by atoms with Crippen LogP contribution in [-0.2, 0) is 57.5 Å². The number of aliphatic carboxylic acids is 4. The van der Waals surface area contributed by atoms with E-state index in [-0.39, 0.29) is 120 Å². The maximum absolute atomic E-state index is 11.7. The Labute approximate surface area is 613 Å². The lowest BCUT2D eigenvalue weighted by atomic mass is 10.1. The number of pyridine rings is 1. The first kappa shape index (κ1) is 105. The van der Waals surface area contributed by atoms with Crippen molar-refractivity contribution in [1.29, 1.82) is 0 Å². The van der Waals surface area contributed by atoms with E-state index in [2.05, 4.69) is 126 Å². The minimum atomic E-state index is -1.18. The first-order chi connectivity index (χ1) is 45.5. The first-order valence-corrected chi connectivity index (χ1v) is 33.7. The Balaban J connectivity index is -0.000000194. The Morgan fingerprint density at radius 1 is 0.633 bits per heavy atom. The number of ketones is 5. The number of H-pyrrole nitrogens is 1. The van der Waals surface area contributed by atoms with Crippen molar-refractivity contribution in [3.8, 4) is 0 Å². The second-order valence-corrected chi connectivity index (χ2v) is 22.7. The van der Waals surface area contributed by atoms with Crippen LogP contribution >= 0.6 is 99.6 Å². The molecule has 0 saturated carbocycles. The molecule has 3 rings (SSSR count). The lowest BCUT2D eigenvalue weighted by Crippen LogP contribution is -2.43. The van der Waals surface area contributed by atoms with Crippen LogP contribution in [0.1, 0.15) is 115 Å². The van der Waals surface area contributed by atoms with Gasteiger partial charge in [0.05, 0.1) is 35.3 Å². The van der Waals surface area contributed by atoms with Gasteiger partial charge in [0.25, 0.3) is 0 Å². The SMILES string of the molecule is CC(=O)C(CS)NC(=O)CCC(N)C(=O)O.CC(=O)CCC(=O)C(CS)NC(=O)CCC(N)C(=O)O.CC(=O)CCC(=O)C(N)CS.CC(=O)N[C@@H](CS)C(=O)O.CCCN.Cc1cc(C)c(C)o1.Cc1ccc(Cl)nn1.N[C@@H](CS)C(=O)O.O=[N+]([O-])c1ccc[nH]c1=S.OCCS. The Bertz CT molecular complexity index is 2840. The molecule has 3 heterocycles. The molecule has 0 spiro atoms. The van der Waals surface area contributed by atoms with E-state index in [0.29, 0.717) is 23.1 Å². The highest BCUT2D eigenvalue weighted by molar-refractivity contribution is 7.81. The average Bonchev–Trinajstić information content (AvgIpc) is 1.14. The lowest BCUT2D eigenvalue weighted by Gasteiger charge is -2.15. The Kier molecular flexibility index (Phi) is 71.8. The first-order valence-electron chi connectivity index (χ1n) is 29.1. The molecule has 3 aromatic rings. The summed E-state index contributed by atoms with van der Waals surface area (Å²) in [6.45, 7) is 16.4. The number of nitrogens with one attached hydrogen (secondary N) is 4. The normalized spacial score (nSPS) is 11.7. The molecule has 3 amide bonds. The van der Waals surface area contributed by atoms with Gasteiger partial charge >= 0.3 is 29.6 Å². The van der Waals surface area contributed by atoms with Gasteiger partial charge in [-0.25, -0.2) is 4.79 Å². The number of carbonyl (C=O) groups excluding carboxylic acids is 8. The summed E-state index contributed by atoms with van der Waals surface area (Å²) >= 11 is 32.9. The maximum Gasteiger partial charge on any atom is 0.327 e. The minimum Gasteiger partial charge on any atom is -0.480 e. The van der Waals surface area contributed by atoms with Crippen molar-refractivity contribution in [3.05, 3.63) is 79.2 Å². The molecule has 0 saturated heterocycles. The van der Waals surface area contributed by atoms with Gasteiger partial charge < -0.3 is 89.1 Å². The van der Waals surface area contributed by atoms with Crippen molar-refractivity contribution in [2.45, 2.75) is 162 Å². The smallest absolute Gasteiger partial charge is 0.327 e. The molecule has 0 radical (unpaired) electrons. The summed E-state index contributed by atoms with van der Waals surface area (Å²) in [5.74, 6) is -2.68. The highest BCUT2D eigenvalue weighted by Crippen LogP contribution is 2.11. The number of furan rings is 1. The molecular weight excluding hydrogens is 1440 g/mol. The van der Waals surface area contributed by atoms with Gasteiger partial charge in [-0.2, -0.15) is 80.9 Å². The fourth-order valence-electron chi connectivity index (χ4n) is 5.12. The van der Waals surface area contributed by atoms with Gasteiger partial charge in [0.2, 0.25) is 17.7 Å². The van der Waals surface area contributed by atoms with Crippen molar-refractivity contribution in [2.24, 2.45) is 28.7 Å². The second-order valence-electron chi connectivity index (χ2n) is 19.7. The van der Waals surface area contributed by atoms with Crippen LogP contribution in [0.15, 0.2) is 40.9 Å². The fraction of sp³-hybridized carbons (Fsp3) is 0.569. The van der Waals surface area contributed by atoms with Gasteiger partial charge in [0.15, 0.2) is 27.1 Å². The van der Waals surface area contributed by atoms with Gasteiger partial charge in [-0.15, -0.1) is 5.10 Å². The highest BCUT2D eigenvalue weighted by Gasteiger charge is 2.22. The number of hydrogen-bond donors (Lipinski definition) is 20. The summed E-state index contributed by atoms with van der Waals surface area (Å²) in [5.41, 5.74) is 27.9. The summed E-state index contributed by atoms with van der Waals surface area (Å²) in [7, 11) is 0. The number of hydrogen-bond acceptors (Lipinski definition) is 30. The molecule has 0 bridgehead atoms. The van der Waals surface area contributed by atoms with Crippen LogP contribution in [0.2, 0.25) is 5.15 Å². The van der Waals surface area contributed by atoms with Crippen LogP contribution in [-0.4, -0.2) is 206 Å². The summed E-state index contributed by atoms with van der Waals surface area (Å²) in [5, 5.41) is 66.2. The van der Waals surface area contributed by atoms with Crippen molar-refractivity contribution in [2.75, 3.05) is 47.7 Å². The van der Waals surface area contributed by atoms with Crippen LogP contribution in [0.4, 0.5) is 5.69 Å². The Morgan fingerprint density at radius 3 is 1.30 bits per heavy atom. The van der Waals surface area contributed by atoms with Crippen LogP contribution in [0.3, 0.4) is 0 Å². The van der Waals surface area contributed by atoms with Crippen LogP contribution in [0, 0.1) is 42.4 Å². The molecule has 3 aromatic heterocycles. The lowest BCUT2D eigenvalue weighted by molar-refractivity contribution is -0.385. The van der Waals surface area contributed by atoms with E-state index in [0.717, 1.165) is 30.2 Å². The summed E-state index contributed by atoms with van der Waals surface area (Å²) in [6, 6.07) is 2.69. The third-order valence-corrected chi connectivity index (χ3v) is 13.4. The van der Waals surface area contributed by atoms with Gasteiger partial charge in [-0.05, 0) is 104 Å². The number of aromatic amines is 1. The minimum absolute atomic E-state index is 0.0118. The van der Waals surface area contributed by atoms with Crippen LogP contribution in [0.5, 0.6) is 0 Å². The molecule has 98 heavy (non-hydrogen) atoms. The molecule has 0 aliphatic carbocycles. The molecule has 0 fully saturated rings. The van der Waals surface area contributed by atoms with Crippen molar-refractivity contribution >= 4 is 176 Å². The third kappa shape index (κ3) is 67.1. The number of nitro groups is 1. The third-order valence-electron chi connectivity index (χ3n) is 10.8. The number of carboxylic acid groups (broad SMARTS) is 4. The quantitative estimate of drug-likeness (QED) is 0.0197. The highest BCUT2D eigenvalue weighted by atomic mass is 35.5. The van der Waals surface area contributed by atoms with Gasteiger partial charge in [-0.1, -0.05) is 30.7 Å². The number of carbonyl (C=O) groups is 12. The van der Waals surface area contributed by atoms with Gasteiger partial charge in [-0.3, -0.25) is 53.3 Å². The van der Waals surface area contributed by atoms with Crippen molar-refractivity contribution in [1.82, 2.24) is 31.1 Å². The van der Waals surface area contributed by atoms with Crippen LogP contribution in [0.25, 0.3) is 0 Å².